The number of benzene rings is 2. The molecule has 1 heterocycles. The van der Waals surface area contributed by atoms with Gasteiger partial charge in [0, 0.05) is 12.6 Å². The molecule has 0 spiro atoms. The number of hydrogen-bond acceptors (Lipinski definition) is 3. The lowest BCUT2D eigenvalue weighted by Crippen LogP contribution is -2.32. The van der Waals surface area contributed by atoms with Crippen molar-refractivity contribution in [3.8, 4) is 11.5 Å². The summed E-state index contributed by atoms with van der Waals surface area (Å²) in [7, 11) is 0. The zero-order valence-corrected chi connectivity index (χ0v) is 13.3. The molecule has 1 aliphatic heterocycles. The monoisotopic (exact) mass is 309 g/mol. The first kappa shape index (κ1) is 14.6. The van der Waals surface area contributed by atoms with E-state index in [1.807, 2.05) is 6.07 Å². The fourth-order valence-electron chi connectivity index (χ4n) is 3.67. The molecular weight excluding hydrogens is 286 g/mol. The van der Waals surface area contributed by atoms with Crippen molar-refractivity contribution in [3.05, 3.63) is 59.7 Å². The maximum Gasteiger partial charge on any atom is 0.231 e. The van der Waals surface area contributed by atoms with Crippen molar-refractivity contribution in [1.29, 1.82) is 0 Å². The highest BCUT2D eigenvalue weighted by Gasteiger charge is 2.22. The van der Waals surface area contributed by atoms with Crippen molar-refractivity contribution in [2.24, 2.45) is 0 Å². The van der Waals surface area contributed by atoms with E-state index in [1.54, 1.807) is 0 Å². The van der Waals surface area contributed by atoms with Gasteiger partial charge in [0.25, 0.3) is 0 Å². The van der Waals surface area contributed by atoms with Crippen LogP contribution in [0.3, 0.4) is 0 Å². The second-order valence-electron chi connectivity index (χ2n) is 6.53. The Morgan fingerprint density at radius 2 is 1.65 bits per heavy atom. The molecule has 0 amide bonds. The molecule has 4 rings (SSSR count). The van der Waals surface area contributed by atoms with Gasteiger partial charge in [-0.05, 0) is 54.9 Å². The second kappa shape index (κ2) is 6.63. The number of ether oxygens (including phenoxy) is 2. The van der Waals surface area contributed by atoms with Gasteiger partial charge < -0.3 is 14.8 Å². The molecule has 1 N–H and O–H groups in total. The van der Waals surface area contributed by atoms with Gasteiger partial charge in [-0.3, -0.25) is 0 Å². The average molecular weight is 309 g/mol. The van der Waals surface area contributed by atoms with Crippen LogP contribution in [0.5, 0.6) is 11.5 Å². The fraction of sp³-hybridized carbons (Fsp3) is 0.400. The smallest absolute Gasteiger partial charge is 0.231 e. The number of rotatable bonds is 4. The first-order valence-corrected chi connectivity index (χ1v) is 8.55. The summed E-state index contributed by atoms with van der Waals surface area (Å²) >= 11 is 0. The normalized spacial score (nSPS) is 23.0. The highest BCUT2D eigenvalue weighted by molar-refractivity contribution is 5.44. The highest BCUT2D eigenvalue weighted by atomic mass is 16.7. The van der Waals surface area contributed by atoms with Crippen LogP contribution >= 0.6 is 0 Å². The molecule has 120 valence electrons. The Bertz CT molecular complexity index is 648. The first-order valence-electron chi connectivity index (χ1n) is 8.55. The summed E-state index contributed by atoms with van der Waals surface area (Å²) in [4.78, 5) is 0. The summed E-state index contributed by atoms with van der Waals surface area (Å²) in [5.41, 5.74) is 2.76. The van der Waals surface area contributed by atoms with E-state index in [9.17, 15) is 0 Å². The Morgan fingerprint density at radius 3 is 2.48 bits per heavy atom. The van der Waals surface area contributed by atoms with E-state index in [0.717, 1.165) is 24.0 Å². The van der Waals surface area contributed by atoms with E-state index >= 15 is 0 Å². The molecule has 2 aromatic rings. The maximum absolute atomic E-state index is 5.44. The molecule has 3 nitrogen and oxygen atoms in total. The van der Waals surface area contributed by atoms with Crippen molar-refractivity contribution in [2.45, 2.75) is 44.2 Å². The first-order chi connectivity index (χ1) is 11.4. The lowest BCUT2D eigenvalue weighted by Gasteiger charge is -2.29. The van der Waals surface area contributed by atoms with E-state index in [2.05, 4.69) is 47.8 Å². The summed E-state index contributed by atoms with van der Waals surface area (Å²) in [6, 6.07) is 17.8. The molecule has 0 aromatic heterocycles. The average Bonchev–Trinajstić information content (AvgIpc) is 3.09. The predicted octanol–water partition coefficient (Wildman–Crippen LogP) is 4.23. The molecule has 0 bridgehead atoms. The van der Waals surface area contributed by atoms with Gasteiger partial charge in [0.15, 0.2) is 11.5 Å². The Kier molecular flexibility index (Phi) is 4.20. The highest BCUT2D eigenvalue weighted by Crippen LogP contribution is 2.34. The molecule has 2 aromatic carbocycles. The number of hydrogen-bond donors (Lipinski definition) is 1. The zero-order valence-electron chi connectivity index (χ0n) is 13.3. The standard InChI is InChI=1S/C20H23NO2/c1-2-4-16(5-3-1)17-7-9-18(10-8-17)21-13-15-6-11-19-20(12-15)23-14-22-19/h1-6,11-12,17-18,21H,7-10,13-14H2. The molecule has 1 aliphatic carbocycles. The number of nitrogens with one attached hydrogen (secondary N) is 1. The zero-order chi connectivity index (χ0) is 15.5. The van der Waals surface area contributed by atoms with E-state index in [-0.39, 0.29) is 0 Å². The van der Waals surface area contributed by atoms with Crippen LogP contribution in [0.4, 0.5) is 0 Å². The summed E-state index contributed by atoms with van der Waals surface area (Å²) in [6.07, 6.45) is 5.07. The van der Waals surface area contributed by atoms with Crippen molar-refractivity contribution in [1.82, 2.24) is 5.32 Å². The van der Waals surface area contributed by atoms with Crippen LogP contribution in [0.1, 0.15) is 42.7 Å². The molecule has 3 heteroatoms. The lowest BCUT2D eigenvalue weighted by molar-refractivity contribution is 0.174. The van der Waals surface area contributed by atoms with Crippen LogP contribution in [0, 0.1) is 0 Å². The molecule has 0 saturated heterocycles. The lowest BCUT2D eigenvalue weighted by atomic mass is 9.82. The van der Waals surface area contributed by atoms with Gasteiger partial charge in [-0.1, -0.05) is 36.4 Å². The van der Waals surface area contributed by atoms with Crippen LogP contribution in [-0.2, 0) is 6.54 Å². The van der Waals surface area contributed by atoms with E-state index in [0.29, 0.717) is 12.8 Å². The minimum atomic E-state index is 0.343. The Morgan fingerprint density at radius 1 is 0.870 bits per heavy atom. The van der Waals surface area contributed by atoms with Gasteiger partial charge >= 0.3 is 0 Å². The SMILES string of the molecule is c1ccc(C2CCC(NCc3ccc4c(c3)OCO4)CC2)cc1. The molecule has 0 radical (unpaired) electrons. The van der Waals surface area contributed by atoms with Gasteiger partial charge in [-0.25, -0.2) is 0 Å². The van der Waals surface area contributed by atoms with Gasteiger partial charge in [-0.2, -0.15) is 0 Å². The van der Waals surface area contributed by atoms with Crippen LogP contribution in [-0.4, -0.2) is 12.8 Å². The summed E-state index contributed by atoms with van der Waals surface area (Å²) in [6.45, 7) is 1.24. The molecule has 2 aliphatic rings. The van der Waals surface area contributed by atoms with Gasteiger partial charge in [0.05, 0.1) is 0 Å². The van der Waals surface area contributed by atoms with Crippen molar-refractivity contribution in [3.63, 3.8) is 0 Å². The van der Waals surface area contributed by atoms with Crippen molar-refractivity contribution in [2.75, 3.05) is 6.79 Å². The van der Waals surface area contributed by atoms with Crippen LogP contribution in [0.15, 0.2) is 48.5 Å². The van der Waals surface area contributed by atoms with E-state index in [4.69, 9.17) is 9.47 Å². The second-order valence-corrected chi connectivity index (χ2v) is 6.53. The van der Waals surface area contributed by atoms with Gasteiger partial charge in [-0.15, -0.1) is 0 Å². The number of fused-ring (bicyclic) bond motifs is 1. The quantitative estimate of drug-likeness (QED) is 0.916. The molecule has 1 saturated carbocycles. The summed E-state index contributed by atoms with van der Waals surface area (Å²) in [5.74, 6) is 2.47. The van der Waals surface area contributed by atoms with E-state index < -0.39 is 0 Å². The van der Waals surface area contributed by atoms with Gasteiger partial charge in [0.1, 0.15) is 0 Å². The Balaban J connectivity index is 1.28. The third-order valence-corrected chi connectivity index (χ3v) is 5.03. The van der Waals surface area contributed by atoms with Crippen molar-refractivity contribution >= 4 is 0 Å². The minimum Gasteiger partial charge on any atom is -0.454 e. The van der Waals surface area contributed by atoms with Crippen LogP contribution in [0.2, 0.25) is 0 Å². The molecule has 1 fully saturated rings. The third kappa shape index (κ3) is 3.35. The van der Waals surface area contributed by atoms with E-state index in [1.165, 1.54) is 36.8 Å². The van der Waals surface area contributed by atoms with Crippen molar-refractivity contribution < 1.29 is 9.47 Å². The molecular formula is C20H23NO2. The Labute approximate surface area is 137 Å². The molecule has 0 unspecified atom stereocenters. The van der Waals surface area contributed by atoms with Crippen LogP contribution < -0.4 is 14.8 Å². The van der Waals surface area contributed by atoms with Crippen LogP contribution in [0.25, 0.3) is 0 Å². The summed E-state index contributed by atoms with van der Waals surface area (Å²) in [5, 5.41) is 3.70. The Hall–Kier alpha value is -2.00. The molecule has 0 atom stereocenters. The predicted molar refractivity (Wildman–Crippen MR) is 90.8 cm³/mol. The topological polar surface area (TPSA) is 30.5 Å². The fourth-order valence-corrected chi connectivity index (χ4v) is 3.67. The third-order valence-electron chi connectivity index (χ3n) is 5.03. The minimum absolute atomic E-state index is 0.343. The molecule has 23 heavy (non-hydrogen) atoms. The summed E-state index contributed by atoms with van der Waals surface area (Å²) < 4.78 is 10.8. The van der Waals surface area contributed by atoms with Gasteiger partial charge in [0.2, 0.25) is 6.79 Å². The largest absolute Gasteiger partial charge is 0.454 e. The maximum atomic E-state index is 5.44.